The number of benzene rings is 2. The van der Waals surface area contributed by atoms with E-state index in [2.05, 4.69) is 14.7 Å². The highest BCUT2D eigenvalue weighted by Gasteiger charge is 2.19. The second-order valence-corrected chi connectivity index (χ2v) is 7.93. The van der Waals surface area contributed by atoms with Crippen molar-refractivity contribution in [2.24, 2.45) is 0 Å². The van der Waals surface area contributed by atoms with E-state index in [0.29, 0.717) is 4.90 Å². The molecule has 5 nitrogen and oxygen atoms in total. The molecule has 0 unspecified atom stereocenters. The summed E-state index contributed by atoms with van der Waals surface area (Å²) in [5.74, 6) is 0.841. The van der Waals surface area contributed by atoms with Crippen LogP contribution in [0, 0.1) is 27.7 Å². The van der Waals surface area contributed by atoms with Gasteiger partial charge in [-0.25, -0.2) is 18.1 Å². The zero-order valence-electron chi connectivity index (χ0n) is 14.3. The third-order valence-corrected chi connectivity index (χ3v) is 5.71. The molecule has 0 atom stereocenters. The predicted molar refractivity (Wildman–Crippen MR) is 95.5 cm³/mol. The molecule has 3 rings (SSSR count). The van der Waals surface area contributed by atoms with Crippen LogP contribution in [0.1, 0.15) is 28.1 Å². The molecular formula is C18H21N3O2S. The van der Waals surface area contributed by atoms with E-state index in [-0.39, 0.29) is 6.54 Å². The van der Waals surface area contributed by atoms with Crippen molar-refractivity contribution in [3.8, 4) is 0 Å². The van der Waals surface area contributed by atoms with Crippen molar-refractivity contribution in [1.29, 1.82) is 0 Å². The Morgan fingerprint density at radius 3 is 2.38 bits per heavy atom. The molecule has 0 aliphatic heterocycles. The van der Waals surface area contributed by atoms with Gasteiger partial charge < -0.3 is 4.98 Å². The van der Waals surface area contributed by atoms with Gasteiger partial charge in [-0.05, 0) is 56.5 Å². The summed E-state index contributed by atoms with van der Waals surface area (Å²) >= 11 is 0. The first-order valence-electron chi connectivity index (χ1n) is 7.79. The standard InChI is InChI=1S/C18H21N3O2S/c1-11-7-12(2)18(13(3)8-11)24(22,23)19-10-15-5-6-16-17(9-15)21-14(4)20-16/h5-9,19H,10H2,1-4H3,(H,20,21). The Kier molecular flexibility index (Phi) is 4.19. The van der Waals surface area contributed by atoms with Gasteiger partial charge in [0.1, 0.15) is 5.82 Å². The number of rotatable bonds is 4. The fraction of sp³-hybridized carbons (Fsp3) is 0.278. The van der Waals surface area contributed by atoms with Crippen LogP contribution >= 0.6 is 0 Å². The minimum absolute atomic E-state index is 0.239. The number of imidazole rings is 1. The van der Waals surface area contributed by atoms with Gasteiger partial charge in [-0.15, -0.1) is 0 Å². The number of nitrogens with zero attached hydrogens (tertiary/aromatic N) is 1. The van der Waals surface area contributed by atoms with E-state index in [4.69, 9.17) is 0 Å². The van der Waals surface area contributed by atoms with Crippen molar-refractivity contribution >= 4 is 21.1 Å². The minimum Gasteiger partial charge on any atom is -0.342 e. The second kappa shape index (κ2) is 6.03. The molecule has 0 bridgehead atoms. The summed E-state index contributed by atoms with van der Waals surface area (Å²) in [7, 11) is -3.56. The first-order valence-corrected chi connectivity index (χ1v) is 9.27. The van der Waals surface area contributed by atoms with E-state index in [1.54, 1.807) is 0 Å². The number of aryl methyl sites for hydroxylation is 4. The summed E-state index contributed by atoms with van der Waals surface area (Å²) in [6.07, 6.45) is 0. The third-order valence-electron chi connectivity index (χ3n) is 4.00. The molecule has 2 aromatic carbocycles. The molecule has 0 saturated carbocycles. The second-order valence-electron chi connectivity index (χ2n) is 6.23. The summed E-state index contributed by atoms with van der Waals surface area (Å²) in [4.78, 5) is 7.88. The molecule has 0 radical (unpaired) electrons. The van der Waals surface area contributed by atoms with Gasteiger partial charge >= 0.3 is 0 Å². The topological polar surface area (TPSA) is 74.8 Å². The van der Waals surface area contributed by atoms with Gasteiger partial charge in [0.2, 0.25) is 10.0 Å². The van der Waals surface area contributed by atoms with Crippen molar-refractivity contribution < 1.29 is 8.42 Å². The fourth-order valence-corrected chi connectivity index (χ4v) is 4.60. The molecule has 2 N–H and O–H groups in total. The molecule has 0 amide bonds. The zero-order valence-corrected chi connectivity index (χ0v) is 15.1. The highest BCUT2D eigenvalue weighted by Crippen LogP contribution is 2.22. The van der Waals surface area contributed by atoms with Crippen molar-refractivity contribution in [1.82, 2.24) is 14.7 Å². The van der Waals surface area contributed by atoms with E-state index in [1.165, 1.54) is 0 Å². The van der Waals surface area contributed by atoms with Crippen LogP contribution in [0.3, 0.4) is 0 Å². The predicted octanol–water partition coefficient (Wildman–Crippen LogP) is 3.28. The maximum atomic E-state index is 12.7. The molecule has 1 heterocycles. The van der Waals surface area contributed by atoms with Gasteiger partial charge in [0.05, 0.1) is 15.9 Å². The van der Waals surface area contributed by atoms with Crippen molar-refractivity contribution in [3.05, 3.63) is 58.4 Å². The first kappa shape index (κ1) is 16.7. The highest BCUT2D eigenvalue weighted by molar-refractivity contribution is 7.89. The van der Waals surface area contributed by atoms with Crippen LogP contribution in [-0.2, 0) is 16.6 Å². The summed E-state index contributed by atoms with van der Waals surface area (Å²) in [5, 5.41) is 0. The molecule has 0 spiro atoms. The average Bonchev–Trinajstić information content (AvgIpc) is 2.83. The lowest BCUT2D eigenvalue weighted by Crippen LogP contribution is -2.25. The quantitative estimate of drug-likeness (QED) is 0.763. The largest absolute Gasteiger partial charge is 0.342 e. The lowest BCUT2D eigenvalue weighted by atomic mass is 10.1. The zero-order chi connectivity index (χ0) is 17.5. The number of aromatic nitrogens is 2. The van der Waals surface area contributed by atoms with Crippen LogP contribution in [0.5, 0.6) is 0 Å². The van der Waals surface area contributed by atoms with Crippen LogP contribution in [-0.4, -0.2) is 18.4 Å². The van der Waals surface area contributed by atoms with Crippen molar-refractivity contribution in [2.75, 3.05) is 0 Å². The maximum Gasteiger partial charge on any atom is 0.241 e. The maximum absolute atomic E-state index is 12.7. The van der Waals surface area contributed by atoms with Crippen LogP contribution in [0.4, 0.5) is 0 Å². The summed E-state index contributed by atoms with van der Waals surface area (Å²) < 4.78 is 28.1. The smallest absolute Gasteiger partial charge is 0.241 e. The Morgan fingerprint density at radius 1 is 1.04 bits per heavy atom. The van der Waals surface area contributed by atoms with Crippen LogP contribution in [0.25, 0.3) is 11.0 Å². The van der Waals surface area contributed by atoms with Crippen molar-refractivity contribution in [2.45, 2.75) is 39.1 Å². The average molecular weight is 343 g/mol. The molecule has 1 aromatic heterocycles. The van der Waals surface area contributed by atoms with Crippen LogP contribution in [0.2, 0.25) is 0 Å². The molecular weight excluding hydrogens is 322 g/mol. The Hall–Kier alpha value is -2.18. The Balaban J connectivity index is 1.86. The number of hydrogen-bond donors (Lipinski definition) is 2. The summed E-state index contributed by atoms with van der Waals surface area (Å²) in [5.41, 5.74) is 5.26. The number of hydrogen-bond acceptors (Lipinski definition) is 3. The van der Waals surface area contributed by atoms with Gasteiger partial charge in [0.15, 0.2) is 0 Å². The van der Waals surface area contributed by atoms with E-state index in [1.807, 2.05) is 58.0 Å². The molecule has 0 aliphatic rings. The molecule has 24 heavy (non-hydrogen) atoms. The molecule has 0 fully saturated rings. The van der Waals surface area contributed by atoms with Gasteiger partial charge in [-0.1, -0.05) is 23.8 Å². The van der Waals surface area contributed by atoms with E-state index in [0.717, 1.165) is 39.1 Å². The Labute approximate surface area is 142 Å². The monoisotopic (exact) mass is 343 g/mol. The molecule has 0 aliphatic carbocycles. The number of nitrogens with one attached hydrogen (secondary N) is 2. The summed E-state index contributed by atoms with van der Waals surface area (Å²) in [6, 6.07) is 9.49. The fourth-order valence-electron chi connectivity index (χ4n) is 3.14. The van der Waals surface area contributed by atoms with Gasteiger partial charge in [0, 0.05) is 6.54 Å². The minimum atomic E-state index is -3.56. The van der Waals surface area contributed by atoms with E-state index >= 15 is 0 Å². The number of sulfonamides is 1. The normalized spacial score (nSPS) is 12.0. The van der Waals surface area contributed by atoms with Gasteiger partial charge in [-0.2, -0.15) is 0 Å². The number of aromatic amines is 1. The number of H-pyrrole nitrogens is 1. The Morgan fingerprint density at radius 2 is 1.71 bits per heavy atom. The highest BCUT2D eigenvalue weighted by atomic mass is 32.2. The van der Waals surface area contributed by atoms with Crippen LogP contribution < -0.4 is 4.72 Å². The van der Waals surface area contributed by atoms with Crippen LogP contribution in [0.15, 0.2) is 35.2 Å². The van der Waals surface area contributed by atoms with E-state index in [9.17, 15) is 8.42 Å². The molecule has 6 heteroatoms. The van der Waals surface area contributed by atoms with Gasteiger partial charge in [0.25, 0.3) is 0 Å². The SMILES string of the molecule is Cc1cc(C)c(S(=O)(=O)NCc2ccc3nc(C)[nH]c3c2)c(C)c1. The van der Waals surface area contributed by atoms with Gasteiger partial charge in [-0.3, -0.25) is 0 Å². The lowest BCUT2D eigenvalue weighted by molar-refractivity contribution is 0.580. The third kappa shape index (κ3) is 3.20. The van der Waals surface area contributed by atoms with Crippen molar-refractivity contribution in [3.63, 3.8) is 0 Å². The molecule has 0 saturated heterocycles. The molecule has 126 valence electrons. The number of fused-ring (bicyclic) bond motifs is 1. The first-order chi connectivity index (χ1) is 11.3. The Bertz CT molecular complexity index is 997. The molecule has 3 aromatic rings. The van der Waals surface area contributed by atoms with E-state index < -0.39 is 10.0 Å². The summed E-state index contributed by atoms with van der Waals surface area (Å²) in [6.45, 7) is 7.75. The lowest BCUT2D eigenvalue weighted by Gasteiger charge is -2.13.